The third-order valence-corrected chi connectivity index (χ3v) is 4.13. The van der Waals surface area contributed by atoms with Gasteiger partial charge in [-0.2, -0.15) is 0 Å². The zero-order chi connectivity index (χ0) is 10.1. The van der Waals surface area contributed by atoms with E-state index in [0.717, 1.165) is 5.75 Å². The van der Waals surface area contributed by atoms with E-state index in [2.05, 4.69) is 35.2 Å². The molecule has 0 aromatic heterocycles. The Morgan fingerprint density at radius 2 is 1.87 bits per heavy atom. The molecule has 1 fully saturated rings. The SMILES string of the molecule is C1=C(N2CCCC2)c2ccccc2SC1. The average Bonchev–Trinajstić information content (AvgIpc) is 2.82. The number of likely N-dealkylation sites (tertiary alicyclic amines) is 1. The van der Waals surface area contributed by atoms with Gasteiger partial charge in [0.2, 0.25) is 0 Å². The van der Waals surface area contributed by atoms with Gasteiger partial charge in [0.05, 0.1) is 0 Å². The minimum atomic E-state index is 1.13. The number of hydrogen-bond acceptors (Lipinski definition) is 2. The van der Waals surface area contributed by atoms with Crippen LogP contribution in [0.15, 0.2) is 35.2 Å². The molecule has 0 spiro atoms. The third kappa shape index (κ3) is 1.67. The van der Waals surface area contributed by atoms with Crippen molar-refractivity contribution in [3.63, 3.8) is 0 Å². The van der Waals surface area contributed by atoms with E-state index in [0.29, 0.717) is 0 Å². The van der Waals surface area contributed by atoms with E-state index < -0.39 is 0 Å². The minimum Gasteiger partial charge on any atom is -0.371 e. The second-order valence-electron chi connectivity index (χ2n) is 4.09. The maximum atomic E-state index is 2.54. The topological polar surface area (TPSA) is 3.24 Å². The van der Waals surface area contributed by atoms with Crippen molar-refractivity contribution in [2.24, 2.45) is 0 Å². The number of fused-ring (bicyclic) bond motifs is 1. The summed E-state index contributed by atoms with van der Waals surface area (Å²) in [5, 5.41) is 0. The Labute approximate surface area is 95.2 Å². The maximum absolute atomic E-state index is 2.54. The van der Waals surface area contributed by atoms with Crippen LogP contribution >= 0.6 is 11.8 Å². The van der Waals surface area contributed by atoms with Crippen molar-refractivity contribution in [1.82, 2.24) is 4.90 Å². The van der Waals surface area contributed by atoms with Crippen molar-refractivity contribution in [3.8, 4) is 0 Å². The molecule has 2 heteroatoms. The Kier molecular flexibility index (Phi) is 2.45. The molecular weight excluding hydrogens is 202 g/mol. The minimum absolute atomic E-state index is 1.13. The highest BCUT2D eigenvalue weighted by Crippen LogP contribution is 2.36. The van der Waals surface area contributed by atoms with Crippen LogP contribution in [0.25, 0.3) is 5.70 Å². The molecule has 0 aliphatic carbocycles. The van der Waals surface area contributed by atoms with Crippen molar-refractivity contribution in [3.05, 3.63) is 35.9 Å². The Balaban J connectivity index is 1.98. The largest absolute Gasteiger partial charge is 0.371 e. The van der Waals surface area contributed by atoms with Crippen LogP contribution in [0.1, 0.15) is 18.4 Å². The molecule has 0 N–H and O–H groups in total. The molecule has 2 heterocycles. The highest BCUT2D eigenvalue weighted by Gasteiger charge is 2.20. The van der Waals surface area contributed by atoms with Crippen molar-refractivity contribution in [1.29, 1.82) is 0 Å². The zero-order valence-electron chi connectivity index (χ0n) is 8.78. The summed E-state index contributed by atoms with van der Waals surface area (Å²) < 4.78 is 0. The van der Waals surface area contributed by atoms with Crippen LogP contribution in [-0.2, 0) is 0 Å². The lowest BCUT2D eigenvalue weighted by Gasteiger charge is -2.26. The molecule has 2 aliphatic heterocycles. The first kappa shape index (κ1) is 9.34. The van der Waals surface area contributed by atoms with E-state index in [9.17, 15) is 0 Å². The lowest BCUT2D eigenvalue weighted by Crippen LogP contribution is -2.19. The van der Waals surface area contributed by atoms with Gasteiger partial charge < -0.3 is 4.90 Å². The van der Waals surface area contributed by atoms with E-state index in [1.807, 2.05) is 11.8 Å². The molecular formula is C13H15NS. The molecule has 2 aliphatic rings. The number of benzene rings is 1. The van der Waals surface area contributed by atoms with Gasteiger partial charge >= 0.3 is 0 Å². The molecule has 1 saturated heterocycles. The first-order chi connectivity index (χ1) is 7.45. The predicted molar refractivity (Wildman–Crippen MR) is 66.0 cm³/mol. The summed E-state index contributed by atoms with van der Waals surface area (Å²) in [4.78, 5) is 3.99. The van der Waals surface area contributed by atoms with Crippen molar-refractivity contribution in [2.45, 2.75) is 17.7 Å². The quantitative estimate of drug-likeness (QED) is 0.710. The van der Waals surface area contributed by atoms with Gasteiger partial charge in [-0.15, -0.1) is 11.8 Å². The fourth-order valence-electron chi connectivity index (χ4n) is 2.38. The number of hydrogen-bond donors (Lipinski definition) is 0. The summed E-state index contributed by atoms with van der Waals surface area (Å²) in [6, 6.07) is 8.78. The van der Waals surface area contributed by atoms with Crippen LogP contribution in [0.3, 0.4) is 0 Å². The molecule has 78 valence electrons. The van der Waals surface area contributed by atoms with Crippen LogP contribution in [0.5, 0.6) is 0 Å². The van der Waals surface area contributed by atoms with Crippen LogP contribution < -0.4 is 0 Å². The highest BCUT2D eigenvalue weighted by molar-refractivity contribution is 7.99. The maximum Gasteiger partial charge on any atom is 0.0419 e. The standard InChI is InChI=1S/C13H15NS/c1-2-6-13-11(5-1)12(7-10-15-13)14-8-3-4-9-14/h1-2,5-7H,3-4,8-10H2. The number of nitrogens with zero attached hydrogens (tertiary/aromatic N) is 1. The van der Waals surface area contributed by atoms with Crippen LogP contribution in [0, 0.1) is 0 Å². The van der Waals surface area contributed by atoms with Gasteiger partial charge in [-0.3, -0.25) is 0 Å². The second-order valence-corrected chi connectivity index (χ2v) is 5.15. The summed E-state index contributed by atoms with van der Waals surface area (Å²) in [5.41, 5.74) is 2.91. The molecule has 3 rings (SSSR count). The van der Waals surface area contributed by atoms with Gasteiger partial charge in [0.15, 0.2) is 0 Å². The van der Waals surface area contributed by atoms with E-state index in [1.165, 1.54) is 42.1 Å². The van der Waals surface area contributed by atoms with Crippen molar-refractivity contribution >= 4 is 17.5 Å². The molecule has 1 aromatic carbocycles. The molecule has 0 bridgehead atoms. The first-order valence-corrected chi connectivity index (χ1v) is 6.61. The highest BCUT2D eigenvalue weighted by atomic mass is 32.2. The van der Waals surface area contributed by atoms with Crippen LogP contribution in [0.4, 0.5) is 0 Å². The van der Waals surface area contributed by atoms with Gasteiger partial charge in [0, 0.05) is 35.0 Å². The molecule has 15 heavy (non-hydrogen) atoms. The Bertz CT molecular complexity index is 391. The number of rotatable bonds is 1. The Morgan fingerprint density at radius 1 is 1.07 bits per heavy atom. The Morgan fingerprint density at radius 3 is 2.73 bits per heavy atom. The molecule has 1 nitrogen and oxygen atoms in total. The van der Waals surface area contributed by atoms with Gasteiger partial charge in [-0.05, 0) is 18.9 Å². The first-order valence-electron chi connectivity index (χ1n) is 5.62. The average molecular weight is 217 g/mol. The van der Waals surface area contributed by atoms with Gasteiger partial charge in [0.25, 0.3) is 0 Å². The van der Waals surface area contributed by atoms with Gasteiger partial charge in [-0.1, -0.05) is 24.3 Å². The molecule has 0 saturated carbocycles. The monoisotopic (exact) mass is 217 g/mol. The normalized spacial score (nSPS) is 20.0. The van der Waals surface area contributed by atoms with Crippen LogP contribution in [-0.4, -0.2) is 23.7 Å². The van der Waals surface area contributed by atoms with E-state index >= 15 is 0 Å². The lowest BCUT2D eigenvalue weighted by molar-refractivity contribution is 0.491. The number of thioether (sulfide) groups is 1. The Hall–Kier alpha value is -0.890. The predicted octanol–water partition coefficient (Wildman–Crippen LogP) is 3.23. The smallest absolute Gasteiger partial charge is 0.0419 e. The van der Waals surface area contributed by atoms with Crippen molar-refractivity contribution in [2.75, 3.05) is 18.8 Å². The molecule has 0 radical (unpaired) electrons. The molecule has 0 atom stereocenters. The summed E-state index contributed by atoms with van der Waals surface area (Å²) in [7, 11) is 0. The summed E-state index contributed by atoms with van der Waals surface area (Å²) in [5.74, 6) is 1.13. The van der Waals surface area contributed by atoms with Crippen LogP contribution in [0.2, 0.25) is 0 Å². The lowest BCUT2D eigenvalue weighted by atomic mass is 10.1. The molecule has 1 aromatic rings. The van der Waals surface area contributed by atoms with Crippen molar-refractivity contribution < 1.29 is 0 Å². The van der Waals surface area contributed by atoms with E-state index in [4.69, 9.17) is 0 Å². The van der Waals surface area contributed by atoms with Gasteiger partial charge in [0.1, 0.15) is 0 Å². The summed E-state index contributed by atoms with van der Waals surface area (Å²) in [6.45, 7) is 2.48. The summed E-state index contributed by atoms with van der Waals surface area (Å²) >= 11 is 1.95. The van der Waals surface area contributed by atoms with Gasteiger partial charge in [-0.25, -0.2) is 0 Å². The fraction of sp³-hybridized carbons (Fsp3) is 0.385. The second kappa shape index (κ2) is 3.93. The zero-order valence-corrected chi connectivity index (χ0v) is 9.59. The van der Waals surface area contributed by atoms with E-state index in [-0.39, 0.29) is 0 Å². The molecule has 0 amide bonds. The molecule has 0 unspecified atom stereocenters. The third-order valence-electron chi connectivity index (χ3n) is 3.13. The van der Waals surface area contributed by atoms with E-state index in [1.54, 1.807) is 0 Å². The fourth-order valence-corrected chi connectivity index (χ4v) is 3.31. The summed E-state index contributed by atoms with van der Waals surface area (Å²) in [6.07, 6.45) is 5.09.